The summed E-state index contributed by atoms with van der Waals surface area (Å²) in [5.74, 6) is 0.197. The molecule has 2 aromatic rings. The number of nitrogen functional groups attached to an aromatic ring is 1. The number of nitrogens with two attached hydrogens (primary N) is 1. The zero-order valence-electron chi connectivity index (χ0n) is 13.6. The van der Waals surface area contributed by atoms with Gasteiger partial charge in [-0.25, -0.2) is 0 Å². The lowest BCUT2D eigenvalue weighted by atomic mass is 10.1. The molecule has 0 aromatic heterocycles. The molecule has 24 heavy (non-hydrogen) atoms. The normalized spacial score (nSPS) is 14.7. The molecule has 0 bridgehead atoms. The molecule has 130 valence electrons. The fraction of sp³-hybridized carbons (Fsp3) is 0.278. The van der Waals surface area contributed by atoms with Crippen molar-refractivity contribution in [3.8, 4) is 0 Å². The minimum atomic E-state index is 0. The highest BCUT2D eigenvalue weighted by molar-refractivity contribution is 5.94. The molecular formula is C18H23Cl2N3O. The predicted molar refractivity (Wildman–Crippen MR) is 104 cm³/mol. The van der Waals surface area contributed by atoms with Crippen LogP contribution in [0.5, 0.6) is 0 Å². The average molecular weight is 368 g/mol. The lowest BCUT2D eigenvalue weighted by molar-refractivity contribution is -0.121. The standard InChI is InChI=1S/C18H21N3O.2ClH/c1-14-4-2-3-5-17(14)21-13-20(11-10-18(21)22)12-15-6-8-16(19)9-7-15;;/h2-9H,10-13,19H2,1H3;2*1H. The van der Waals surface area contributed by atoms with E-state index < -0.39 is 0 Å². The van der Waals surface area contributed by atoms with Crippen molar-refractivity contribution in [3.05, 3.63) is 59.7 Å². The van der Waals surface area contributed by atoms with Crippen molar-refractivity contribution in [1.82, 2.24) is 4.90 Å². The number of hydrogen-bond donors (Lipinski definition) is 1. The summed E-state index contributed by atoms with van der Waals surface area (Å²) in [5, 5.41) is 0. The molecule has 1 saturated heterocycles. The van der Waals surface area contributed by atoms with Gasteiger partial charge in [0.05, 0.1) is 6.67 Å². The van der Waals surface area contributed by atoms with Crippen LogP contribution in [0.2, 0.25) is 0 Å². The molecule has 3 rings (SSSR count). The van der Waals surface area contributed by atoms with Gasteiger partial charge in [0.2, 0.25) is 5.91 Å². The summed E-state index contributed by atoms with van der Waals surface area (Å²) in [4.78, 5) is 16.4. The fourth-order valence-corrected chi connectivity index (χ4v) is 2.83. The van der Waals surface area contributed by atoms with E-state index in [1.54, 1.807) is 0 Å². The van der Waals surface area contributed by atoms with Gasteiger partial charge in [-0.1, -0.05) is 30.3 Å². The van der Waals surface area contributed by atoms with Crippen molar-refractivity contribution < 1.29 is 4.79 Å². The van der Waals surface area contributed by atoms with E-state index in [0.717, 1.165) is 30.0 Å². The van der Waals surface area contributed by atoms with Crippen molar-refractivity contribution >= 4 is 42.1 Å². The summed E-state index contributed by atoms with van der Waals surface area (Å²) in [6.07, 6.45) is 0.559. The highest BCUT2D eigenvalue weighted by Gasteiger charge is 2.25. The van der Waals surface area contributed by atoms with Crippen molar-refractivity contribution in [2.24, 2.45) is 0 Å². The summed E-state index contributed by atoms with van der Waals surface area (Å²) in [6, 6.07) is 16.0. The second-order valence-electron chi connectivity index (χ2n) is 5.79. The van der Waals surface area contributed by atoms with Crippen LogP contribution < -0.4 is 10.6 Å². The van der Waals surface area contributed by atoms with E-state index in [4.69, 9.17) is 5.73 Å². The van der Waals surface area contributed by atoms with Gasteiger partial charge in [0.15, 0.2) is 0 Å². The Balaban J connectivity index is 0.00000144. The minimum absolute atomic E-state index is 0. The predicted octanol–water partition coefficient (Wildman–Crippen LogP) is 3.62. The van der Waals surface area contributed by atoms with E-state index in [9.17, 15) is 4.79 Å². The van der Waals surface area contributed by atoms with Crippen LogP contribution in [0, 0.1) is 6.92 Å². The van der Waals surface area contributed by atoms with Crippen molar-refractivity contribution in [2.45, 2.75) is 19.9 Å². The molecule has 0 atom stereocenters. The van der Waals surface area contributed by atoms with E-state index in [1.807, 2.05) is 60.4 Å². The number of anilines is 2. The average Bonchev–Trinajstić information content (AvgIpc) is 2.52. The Bertz CT molecular complexity index is 676. The molecule has 1 aliphatic heterocycles. The van der Waals surface area contributed by atoms with Crippen LogP contribution >= 0.6 is 24.8 Å². The number of halogens is 2. The highest BCUT2D eigenvalue weighted by Crippen LogP contribution is 2.23. The smallest absolute Gasteiger partial charge is 0.229 e. The maximum atomic E-state index is 12.3. The van der Waals surface area contributed by atoms with Gasteiger partial charge >= 0.3 is 0 Å². The first kappa shape index (κ1) is 20.3. The van der Waals surface area contributed by atoms with Gasteiger partial charge in [-0.15, -0.1) is 24.8 Å². The fourth-order valence-electron chi connectivity index (χ4n) is 2.83. The van der Waals surface area contributed by atoms with Gasteiger partial charge in [0.25, 0.3) is 0 Å². The third-order valence-electron chi connectivity index (χ3n) is 4.08. The zero-order valence-corrected chi connectivity index (χ0v) is 15.3. The summed E-state index contributed by atoms with van der Waals surface area (Å²) in [6.45, 7) is 4.30. The second-order valence-corrected chi connectivity index (χ2v) is 5.79. The van der Waals surface area contributed by atoms with E-state index in [2.05, 4.69) is 4.90 Å². The van der Waals surface area contributed by atoms with Crippen LogP contribution in [0.4, 0.5) is 11.4 Å². The molecule has 1 heterocycles. The third kappa shape index (κ3) is 4.63. The quantitative estimate of drug-likeness (QED) is 0.842. The number of aryl methyl sites for hydroxylation is 1. The number of rotatable bonds is 3. The van der Waals surface area contributed by atoms with Crippen LogP contribution in [0.3, 0.4) is 0 Å². The Labute approximate surface area is 155 Å². The molecular weight excluding hydrogens is 345 g/mol. The highest BCUT2D eigenvalue weighted by atomic mass is 35.5. The molecule has 0 unspecified atom stereocenters. The lowest BCUT2D eigenvalue weighted by Gasteiger charge is -2.36. The van der Waals surface area contributed by atoms with Crippen molar-refractivity contribution in [3.63, 3.8) is 0 Å². The lowest BCUT2D eigenvalue weighted by Crippen LogP contribution is -2.48. The number of carbonyl (C=O) groups excluding carboxylic acids is 1. The molecule has 6 heteroatoms. The Hall–Kier alpha value is -1.75. The number of amides is 1. The Morgan fingerprint density at radius 3 is 2.38 bits per heavy atom. The molecule has 1 amide bonds. The summed E-state index contributed by atoms with van der Waals surface area (Å²) < 4.78 is 0. The largest absolute Gasteiger partial charge is 0.399 e. The van der Waals surface area contributed by atoms with Gasteiger partial charge in [-0.05, 0) is 36.2 Å². The molecule has 1 fully saturated rings. The van der Waals surface area contributed by atoms with Gasteiger partial charge in [0.1, 0.15) is 0 Å². The van der Waals surface area contributed by atoms with E-state index >= 15 is 0 Å². The van der Waals surface area contributed by atoms with Gasteiger partial charge in [-0.2, -0.15) is 0 Å². The first-order valence-corrected chi connectivity index (χ1v) is 7.56. The molecule has 4 nitrogen and oxygen atoms in total. The molecule has 2 N–H and O–H groups in total. The Morgan fingerprint density at radius 1 is 1.04 bits per heavy atom. The Kier molecular flexibility index (Phi) is 7.55. The molecule has 0 spiro atoms. The monoisotopic (exact) mass is 367 g/mol. The van der Waals surface area contributed by atoms with Crippen molar-refractivity contribution in [2.75, 3.05) is 23.8 Å². The molecule has 0 aliphatic carbocycles. The van der Waals surface area contributed by atoms with Crippen LogP contribution in [-0.2, 0) is 11.3 Å². The third-order valence-corrected chi connectivity index (χ3v) is 4.08. The van der Waals surface area contributed by atoms with E-state index in [1.165, 1.54) is 5.56 Å². The number of para-hydroxylation sites is 1. The van der Waals surface area contributed by atoms with Crippen molar-refractivity contribution in [1.29, 1.82) is 0 Å². The van der Waals surface area contributed by atoms with Crippen LogP contribution in [0.25, 0.3) is 0 Å². The number of carbonyl (C=O) groups is 1. The molecule has 0 radical (unpaired) electrons. The van der Waals surface area contributed by atoms with Gasteiger partial charge in [0, 0.05) is 30.9 Å². The van der Waals surface area contributed by atoms with Crippen LogP contribution in [0.1, 0.15) is 17.5 Å². The van der Waals surface area contributed by atoms with Gasteiger partial charge < -0.3 is 5.73 Å². The van der Waals surface area contributed by atoms with E-state index in [0.29, 0.717) is 13.1 Å². The maximum absolute atomic E-state index is 12.3. The first-order valence-electron chi connectivity index (χ1n) is 7.56. The van der Waals surface area contributed by atoms with Crippen LogP contribution in [0.15, 0.2) is 48.5 Å². The summed E-state index contributed by atoms with van der Waals surface area (Å²) in [5.41, 5.74) is 9.86. The summed E-state index contributed by atoms with van der Waals surface area (Å²) >= 11 is 0. The maximum Gasteiger partial charge on any atom is 0.229 e. The molecule has 2 aromatic carbocycles. The van der Waals surface area contributed by atoms with Gasteiger partial charge in [-0.3, -0.25) is 14.6 Å². The van der Waals surface area contributed by atoms with Crippen LogP contribution in [-0.4, -0.2) is 24.0 Å². The van der Waals surface area contributed by atoms with E-state index in [-0.39, 0.29) is 30.7 Å². The second kappa shape index (κ2) is 8.92. The molecule has 0 saturated carbocycles. The number of hydrogen-bond acceptors (Lipinski definition) is 3. The minimum Gasteiger partial charge on any atom is -0.399 e. The first-order chi connectivity index (χ1) is 10.6. The Morgan fingerprint density at radius 2 is 1.71 bits per heavy atom. The SMILES string of the molecule is Cc1ccccc1N1CN(Cc2ccc(N)cc2)CCC1=O.Cl.Cl. The topological polar surface area (TPSA) is 49.6 Å². The molecule has 1 aliphatic rings. The zero-order chi connectivity index (χ0) is 15.5. The number of benzene rings is 2. The number of nitrogens with zero attached hydrogens (tertiary/aromatic N) is 2. The summed E-state index contributed by atoms with van der Waals surface area (Å²) in [7, 11) is 0.